The standard InChI is InChI=1S/C31H30N4O2/c1-22(34(20-19-33(2)3)30(36)24-12-5-4-6-13-24)29-32-28-16-10-9-15-27(28)31(37)35(29)26-18-17-23-11-7-8-14-25(23)21-26/h4-18,21-22H,19-20H2,1-3H3. The summed E-state index contributed by atoms with van der Waals surface area (Å²) in [5.74, 6) is 0.435. The second-order valence-corrected chi connectivity index (χ2v) is 9.50. The minimum atomic E-state index is -0.462. The minimum Gasteiger partial charge on any atom is -0.327 e. The van der Waals surface area contributed by atoms with Gasteiger partial charge in [0.05, 0.1) is 22.6 Å². The third kappa shape index (κ3) is 4.88. The Morgan fingerprint density at radius 2 is 1.51 bits per heavy atom. The van der Waals surface area contributed by atoms with Crippen molar-refractivity contribution in [2.45, 2.75) is 13.0 Å². The monoisotopic (exact) mass is 490 g/mol. The molecule has 37 heavy (non-hydrogen) atoms. The van der Waals surface area contributed by atoms with Gasteiger partial charge in [-0.1, -0.05) is 60.7 Å². The van der Waals surface area contributed by atoms with Crippen LogP contribution in [-0.4, -0.2) is 52.4 Å². The number of hydrogen-bond acceptors (Lipinski definition) is 4. The fraction of sp³-hybridized carbons (Fsp3) is 0.194. The second-order valence-electron chi connectivity index (χ2n) is 9.50. The van der Waals surface area contributed by atoms with Gasteiger partial charge in [-0.05, 0) is 68.2 Å². The summed E-state index contributed by atoms with van der Waals surface area (Å²) in [6.07, 6.45) is 0. The van der Waals surface area contributed by atoms with E-state index in [0.29, 0.717) is 35.4 Å². The van der Waals surface area contributed by atoms with E-state index < -0.39 is 6.04 Å². The van der Waals surface area contributed by atoms with Crippen molar-refractivity contribution >= 4 is 27.6 Å². The number of benzene rings is 4. The van der Waals surface area contributed by atoms with Crippen LogP contribution in [0.1, 0.15) is 29.1 Å². The van der Waals surface area contributed by atoms with Crippen molar-refractivity contribution in [2.75, 3.05) is 27.2 Å². The molecule has 0 N–H and O–H groups in total. The van der Waals surface area contributed by atoms with Crippen molar-refractivity contribution in [2.24, 2.45) is 0 Å². The smallest absolute Gasteiger partial charge is 0.266 e. The molecular weight excluding hydrogens is 460 g/mol. The van der Waals surface area contributed by atoms with Crippen molar-refractivity contribution in [3.05, 3.63) is 119 Å². The van der Waals surface area contributed by atoms with Gasteiger partial charge in [-0.2, -0.15) is 0 Å². The van der Waals surface area contributed by atoms with E-state index >= 15 is 0 Å². The highest BCUT2D eigenvalue weighted by Crippen LogP contribution is 2.26. The van der Waals surface area contributed by atoms with Crippen molar-refractivity contribution in [1.82, 2.24) is 19.4 Å². The molecule has 5 aromatic rings. The summed E-state index contributed by atoms with van der Waals surface area (Å²) < 4.78 is 1.67. The van der Waals surface area contributed by atoms with Gasteiger partial charge in [0, 0.05) is 18.7 Å². The van der Waals surface area contributed by atoms with E-state index in [-0.39, 0.29) is 11.5 Å². The number of para-hydroxylation sites is 1. The largest absolute Gasteiger partial charge is 0.327 e. The number of likely N-dealkylation sites (N-methyl/N-ethyl adjacent to an activating group) is 1. The first-order chi connectivity index (χ1) is 17.9. The lowest BCUT2D eigenvalue weighted by molar-refractivity contribution is 0.0667. The Morgan fingerprint density at radius 3 is 2.27 bits per heavy atom. The van der Waals surface area contributed by atoms with Crippen LogP contribution in [0.5, 0.6) is 0 Å². The molecule has 0 aliphatic carbocycles. The highest BCUT2D eigenvalue weighted by molar-refractivity contribution is 5.94. The van der Waals surface area contributed by atoms with Crippen LogP contribution >= 0.6 is 0 Å². The molecule has 0 saturated carbocycles. The molecule has 0 radical (unpaired) electrons. The molecular formula is C31H30N4O2. The highest BCUT2D eigenvalue weighted by Gasteiger charge is 2.27. The Morgan fingerprint density at radius 1 is 0.838 bits per heavy atom. The first-order valence-corrected chi connectivity index (χ1v) is 12.5. The van der Waals surface area contributed by atoms with Crippen LogP contribution < -0.4 is 5.56 Å². The number of fused-ring (bicyclic) bond motifs is 2. The van der Waals surface area contributed by atoms with Crippen LogP contribution in [0.3, 0.4) is 0 Å². The predicted molar refractivity (Wildman–Crippen MR) is 149 cm³/mol. The molecule has 6 heteroatoms. The molecule has 0 bridgehead atoms. The van der Waals surface area contributed by atoms with Gasteiger partial charge < -0.3 is 9.80 Å². The Hall–Kier alpha value is -4.29. The van der Waals surface area contributed by atoms with Crippen molar-refractivity contribution in [3.63, 3.8) is 0 Å². The lowest BCUT2D eigenvalue weighted by Gasteiger charge is -2.31. The van der Waals surface area contributed by atoms with Crippen LogP contribution in [-0.2, 0) is 0 Å². The fourth-order valence-corrected chi connectivity index (χ4v) is 4.66. The zero-order valence-corrected chi connectivity index (χ0v) is 21.3. The third-order valence-electron chi connectivity index (χ3n) is 6.70. The lowest BCUT2D eigenvalue weighted by Crippen LogP contribution is -2.41. The Bertz CT molecular complexity index is 1630. The highest BCUT2D eigenvalue weighted by atomic mass is 16.2. The number of rotatable bonds is 7. The molecule has 0 spiro atoms. The van der Waals surface area contributed by atoms with Gasteiger partial charge in [0.15, 0.2) is 0 Å². The van der Waals surface area contributed by atoms with E-state index in [1.54, 1.807) is 10.6 Å². The number of aromatic nitrogens is 2. The molecule has 5 rings (SSSR count). The molecule has 0 aliphatic heterocycles. The van der Waals surface area contributed by atoms with Crippen LogP contribution in [0.25, 0.3) is 27.4 Å². The minimum absolute atomic E-state index is 0.0950. The van der Waals surface area contributed by atoms with E-state index in [0.717, 1.165) is 16.5 Å². The molecule has 0 fully saturated rings. The van der Waals surface area contributed by atoms with Gasteiger partial charge in [0.25, 0.3) is 11.5 Å². The number of amides is 1. The summed E-state index contributed by atoms with van der Waals surface area (Å²) in [6.45, 7) is 3.11. The molecule has 4 aromatic carbocycles. The summed E-state index contributed by atoms with van der Waals surface area (Å²) in [5, 5.41) is 2.67. The van der Waals surface area contributed by atoms with Gasteiger partial charge in [-0.3, -0.25) is 14.2 Å². The maximum absolute atomic E-state index is 13.9. The zero-order valence-electron chi connectivity index (χ0n) is 21.3. The van der Waals surface area contributed by atoms with Gasteiger partial charge in [-0.25, -0.2) is 4.98 Å². The van der Waals surface area contributed by atoms with Crippen LogP contribution in [0.15, 0.2) is 102 Å². The molecule has 1 atom stereocenters. The van der Waals surface area contributed by atoms with E-state index in [1.807, 2.05) is 122 Å². The predicted octanol–water partition coefficient (Wildman–Crippen LogP) is 5.30. The van der Waals surface area contributed by atoms with Gasteiger partial charge in [0.2, 0.25) is 0 Å². The summed E-state index contributed by atoms with van der Waals surface area (Å²) >= 11 is 0. The third-order valence-corrected chi connectivity index (χ3v) is 6.70. The van der Waals surface area contributed by atoms with Crippen LogP contribution in [0.4, 0.5) is 0 Å². The average molecular weight is 491 g/mol. The Labute approximate surface area is 216 Å². The molecule has 0 saturated heterocycles. The fourth-order valence-electron chi connectivity index (χ4n) is 4.66. The van der Waals surface area contributed by atoms with E-state index in [1.165, 1.54) is 0 Å². The summed E-state index contributed by atoms with van der Waals surface area (Å²) in [4.78, 5) is 36.5. The van der Waals surface area contributed by atoms with E-state index in [2.05, 4.69) is 0 Å². The molecule has 6 nitrogen and oxygen atoms in total. The quantitative estimate of drug-likeness (QED) is 0.311. The van der Waals surface area contributed by atoms with E-state index in [4.69, 9.17) is 4.98 Å². The Balaban J connectivity index is 1.70. The Kier molecular flexibility index (Phi) is 6.84. The summed E-state index contributed by atoms with van der Waals surface area (Å²) in [7, 11) is 3.96. The van der Waals surface area contributed by atoms with Crippen molar-refractivity contribution in [3.8, 4) is 5.69 Å². The molecule has 1 aromatic heterocycles. The van der Waals surface area contributed by atoms with Crippen molar-refractivity contribution < 1.29 is 4.79 Å². The molecule has 1 unspecified atom stereocenters. The van der Waals surface area contributed by atoms with Gasteiger partial charge >= 0.3 is 0 Å². The van der Waals surface area contributed by atoms with Crippen LogP contribution in [0.2, 0.25) is 0 Å². The number of carbonyl (C=O) groups is 1. The van der Waals surface area contributed by atoms with Crippen LogP contribution in [0, 0.1) is 0 Å². The summed E-state index contributed by atoms with van der Waals surface area (Å²) in [5.41, 5.74) is 1.80. The molecule has 186 valence electrons. The molecule has 1 heterocycles. The maximum atomic E-state index is 13.9. The van der Waals surface area contributed by atoms with E-state index in [9.17, 15) is 9.59 Å². The lowest BCUT2D eigenvalue weighted by atomic mass is 10.1. The normalized spacial score (nSPS) is 12.2. The first-order valence-electron chi connectivity index (χ1n) is 12.5. The zero-order chi connectivity index (χ0) is 25.9. The summed E-state index contributed by atoms with van der Waals surface area (Å²) in [6, 6.07) is 30.2. The SMILES string of the molecule is CC(c1nc2ccccc2c(=O)n1-c1ccc2ccccc2c1)N(CCN(C)C)C(=O)c1ccccc1. The molecule has 1 amide bonds. The van der Waals surface area contributed by atoms with Gasteiger partial charge in [0.1, 0.15) is 5.82 Å². The number of carbonyl (C=O) groups excluding carboxylic acids is 1. The average Bonchev–Trinajstić information content (AvgIpc) is 2.93. The number of nitrogens with zero attached hydrogens (tertiary/aromatic N) is 4. The van der Waals surface area contributed by atoms with Crippen molar-refractivity contribution in [1.29, 1.82) is 0 Å². The topological polar surface area (TPSA) is 58.4 Å². The van der Waals surface area contributed by atoms with Gasteiger partial charge in [-0.15, -0.1) is 0 Å². The molecule has 0 aliphatic rings. The second kappa shape index (κ2) is 10.4. The maximum Gasteiger partial charge on any atom is 0.266 e. The first kappa shape index (κ1) is 24.4. The number of hydrogen-bond donors (Lipinski definition) is 0.